The summed E-state index contributed by atoms with van der Waals surface area (Å²) >= 11 is -0.387. The number of rotatable bonds is 5. The van der Waals surface area contributed by atoms with Gasteiger partial charge in [-0.3, -0.25) is 0 Å². The van der Waals surface area contributed by atoms with Crippen LogP contribution in [0, 0.1) is 0 Å². The maximum atomic E-state index is 2.38. The topological polar surface area (TPSA) is 0 Å². The van der Waals surface area contributed by atoms with Crippen molar-refractivity contribution in [1.82, 2.24) is 0 Å². The molecule has 0 saturated heterocycles. The molecule has 0 heterocycles. The van der Waals surface area contributed by atoms with Crippen LogP contribution in [0.3, 0.4) is 0 Å². The molecule has 0 bridgehead atoms. The van der Waals surface area contributed by atoms with E-state index in [1.54, 1.807) is 8.85 Å². The molecule has 0 nitrogen and oxygen atoms in total. The second-order valence-electron chi connectivity index (χ2n) is 4.16. The minimum atomic E-state index is -0.387. The van der Waals surface area contributed by atoms with Gasteiger partial charge in [0.2, 0.25) is 0 Å². The van der Waals surface area contributed by atoms with E-state index in [9.17, 15) is 0 Å². The van der Waals surface area contributed by atoms with Gasteiger partial charge in [0, 0.05) is 0 Å². The smallest absolute Gasteiger partial charge is 1.00 e. The second kappa shape index (κ2) is 5.80. The average Bonchev–Trinajstić information content (AvgIpc) is 2.87. The Labute approximate surface area is 107 Å². The van der Waals surface area contributed by atoms with Crippen molar-refractivity contribution in [2.75, 3.05) is 0 Å². The largest absolute Gasteiger partial charge is 1.00 e. The molecule has 0 aromatic heterocycles. The molecule has 0 aliphatic heterocycles. The minimum absolute atomic E-state index is 0. The summed E-state index contributed by atoms with van der Waals surface area (Å²) < 4.78 is 3.59. The number of hydrogen-bond donors (Lipinski definition) is 0. The van der Waals surface area contributed by atoms with E-state index >= 15 is 0 Å². The summed E-state index contributed by atoms with van der Waals surface area (Å²) in [4.78, 5) is 0. The molecular formula is C14H20Zr. The third-order valence-corrected chi connectivity index (χ3v) is 6.64. The van der Waals surface area contributed by atoms with E-state index in [-0.39, 0.29) is 26.1 Å². The summed E-state index contributed by atoms with van der Waals surface area (Å²) in [7, 11) is 0. The quantitative estimate of drug-likeness (QED) is 0.693. The van der Waals surface area contributed by atoms with Gasteiger partial charge in [0.25, 0.3) is 0 Å². The van der Waals surface area contributed by atoms with Crippen LogP contribution in [0.25, 0.3) is 0 Å². The zero-order chi connectivity index (χ0) is 10.5. The average molecular weight is 280 g/mol. The molecule has 0 N–H and O–H groups in total. The van der Waals surface area contributed by atoms with E-state index in [4.69, 9.17) is 0 Å². The Balaban J connectivity index is 0.00000128. The maximum Gasteiger partial charge on any atom is -1.00 e. The van der Waals surface area contributed by atoms with Crippen LogP contribution in [-0.2, 0) is 23.2 Å². The first-order chi connectivity index (χ1) is 7.40. The van der Waals surface area contributed by atoms with Gasteiger partial charge in [0.05, 0.1) is 0 Å². The molecule has 0 spiro atoms. The summed E-state index contributed by atoms with van der Waals surface area (Å²) in [5, 5.41) is 0. The van der Waals surface area contributed by atoms with Crippen molar-refractivity contribution >= 4 is 0 Å². The Morgan fingerprint density at radius 1 is 1.33 bits per heavy atom. The SMILES string of the molecule is CCCCC1=[C]([Zr+2][C]2=CC=CC2)CC=C1.[H-].[H-]. The molecule has 2 rings (SSSR count). The summed E-state index contributed by atoms with van der Waals surface area (Å²) in [6.07, 6.45) is 18.1. The first kappa shape index (κ1) is 11.3. The van der Waals surface area contributed by atoms with Crippen LogP contribution in [0.1, 0.15) is 41.9 Å². The van der Waals surface area contributed by atoms with Gasteiger partial charge in [0.1, 0.15) is 0 Å². The number of unbranched alkanes of at least 4 members (excludes halogenated alkanes) is 1. The summed E-state index contributed by atoms with van der Waals surface area (Å²) in [5.41, 5.74) is 1.69. The van der Waals surface area contributed by atoms with Gasteiger partial charge in [-0.25, -0.2) is 0 Å². The van der Waals surface area contributed by atoms with E-state index in [0.717, 1.165) is 0 Å². The Morgan fingerprint density at radius 3 is 3.00 bits per heavy atom. The fraction of sp³-hybridized carbons (Fsp3) is 0.429. The molecule has 0 fully saturated rings. The van der Waals surface area contributed by atoms with Crippen molar-refractivity contribution in [2.24, 2.45) is 0 Å². The third kappa shape index (κ3) is 3.15. The predicted molar refractivity (Wildman–Crippen MR) is 64.4 cm³/mol. The first-order valence-corrected chi connectivity index (χ1v) is 8.37. The van der Waals surface area contributed by atoms with E-state index in [1.807, 2.05) is 3.28 Å². The molecule has 0 amide bonds. The molecule has 0 saturated carbocycles. The Kier molecular flexibility index (Phi) is 4.38. The van der Waals surface area contributed by atoms with Crippen molar-refractivity contribution in [3.05, 3.63) is 42.5 Å². The van der Waals surface area contributed by atoms with Crippen molar-refractivity contribution in [1.29, 1.82) is 0 Å². The number of allylic oxidation sites excluding steroid dienone is 8. The van der Waals surface area contributed by atoms with Crippen molar-refractivity contribution < 1.29 is 26.1 Å². The van der Waals surface area contributed by atoms with Crippen LogP contribution in [0.5, 0.6) is 0 Å². The van der Waals surface area contributed by atoms with Gasteiger partial charge in [-0.2, -0.15) is 0 Å². The molecule has 15 heavy (non-hydrogen) atoms. The van der Waals surface area contributed by atoms with Gasteiger partial charge in [0.15, 0.2) is 0 Å². The molecule has 80 valence electrons. The Morgan fingerprint density at radius 2 is 2.27 bits per heavy atom. The van der Waals surface area contributed by atoms with Crippen LogP contribution in [0.4, 0.5) is 0 Å². The molecular weight excluding hydrogens is 259 g/mol. The van der Waals surface area contributed by atoms with Gasteiger partial charge >= 0.3 is 105 Å². The maximum absolute atomic E-state index is 2.38. The molecule has 0 atom stereocenters. The monoisotopic (exact) mass is 278 g/mol. The standard InChI is InChI=1S/C9H13.C5H5.Zr.2H/c1-2-3-6-9-7-4-5-8-9;1-2-4-5-3-1;;;/h4,7H,2-3,5-6H2,1H3;1-3H,4H2;;;/q;;+2;2*-1. The third-order valence-electron chi connectivity index (χ3n) is 2.91. The summed E-state index contributed by atoms with van der Waals surface area (Å²) in [6.45, 7) is 2.28. The molecule has 2 aliphatic rings. The number of hydrogen-bond acceptors (Lipinski definition) is 0. The Bertz CT molecular complexity index is 351. The van der Waals surface area contributed by atoms with Crippen LogP contribution >= 0.6 is 0 Å². The van der Waals surface area contributed by atoms with Gasteiger partial charge in [-0.05, 0) is 0 Å². The second-order valence-corrected chi connectivity index (χ2v) is 7.84. The predicted octanol–water partition coefficient (Wildman–Crippen LogP) is 4.54. The Hall–Kier alpha value is -0.157. The van der Waals surface area contributed by atoms with E-state index in [0.29, 0.717) is 0 Å². The molecule has 2 aliphatic carbocycles. The van der Waals surface area contributed by atoms with E-state index in [1.165, 1.54) is 32.1 Å². The van der Waals surface area contributed by atoms with E-state index < -0.39 is 0 Å². The van der Waals surface area contributed by atoms with Crippen LogP contribution < -0.4 is 0 Å². The molecule has 0 aromatic rings. The van der Waals surface area contributed by atoms with Crippen molar-refractivity contribution in [3.63, 3.8) is 0 Å². The molecule has 0 unspecified atom stereocenters. The van der Waals surface area contributed by atoms with Gasteiger partial charge in [-0.1, -0.05) is 0 Å². The summed E-state index contributed by atoms with van der Waals surface area (Å²) in [6, 6.07) is 0. The normalized spacial score (nSPS) is 18.6. The molecule has 1 heteroatoms. The van der Waals surface area contributed by atoms with Gasteiger partial charge in [-0.15, -0.1) is 0 Å². The zero-order valence-electron chi connectivity index (χ0n) is 11.4. The first-order valence-electron chi connectivity index (χ1n) is 5.91. The van der Waals surface area contributed by atoms with Crippen molar-refractivity contribution in [2.45, 2.75) is 39.0 Å². The fourth-order valence-electron chi connectivity index (χ4n) is 2.02. The van der Waals surface area contributed by atoms with Crippen LogP contribution in [0.15, 0.2) is 42.5 Å². The van der Waals surface area contributed by atoms with E-state index in [2.05, 4.69) is 37.3 Å². The fourth-order valence-corrected chi connectivity index (χ4v) is 5.40. The van der Waals surface area contributed by atoms with Crippen LogP contribution in [-0.4, -0.2) is 0 Å². The molecule has 0 radical (unpaired) electrons. The molecule has 0 aromatic carbocycles. The van der Waals surface area contributed by atoms with Crippen molar-refractivity contribution in [3.8, 4) is 0 Å². The zero-order valence-corrected chi connectivity index (χ0v) is 11.9. The minimum Gasteiger partial charge on any atom is -1.00 e. The van der Waals surface area contributed by atoms with Crippen LogP contribution in [0.2, 0.25) is 0 Å². The summed E-state index contributed by atoms with van der Waals surface area (Å²) in [5.74, 6) is 0. The van der Waals surface area contributed by atoms with Gasteiger partial charge < -0.3 is 2.85 Å².